The van der Waals surface area contributed by atoms with E-state index in [1.807, 2.05) is 28.8 Å². The maximum atomic E-state index is 5.96. The fourth-order valence-electron chi connectivity index (χ4n) is 2.90. The van der Waals surface area contributed by atoms with Crippen LogP contribution < -0.4 is 11.1 Å². The molecule has 1 aliphatic rings. The van der Waals surface area contributed by atoms with E-state index in [1.54, 1.807) is 0 Å². The van der Waals surface area contributed by atoms with Crippen LogP contribution in [0.4, 0.5) is 0 Å². The van der Waals surface area contributed by atoms with Gasteiger partial charge in [-0.25, -0.2) is 4.98 Å². The molecule has 3 N–H and O–H groups in total. The van der Waals surface area contributed by atoms with Crippen molar-refractivity contribution < 1.29 is 0 Å². The molecule has 1 saturated carbocycles. The van der Waals surface area contributed by atoms with E-state index in [0.29, 0.717) is 18.5 Å². The molecule has 120 valence electrons. The Morgan fingerprint density at radius 1 is 1.32 bits per heavy atom. The van der Waals surface area contributed by atoms with Crippen LogP contribution in [0.15, 0.2) is 35.6 Å². The van der Waals surface area contributed by atoms with Gasteiger partial charge in [0.25, 0.3) is 0 Å². The lowest BCUT2D eigenvalue weighted by molar-refractivity contribution is 0.412. The largest absolute Gasteiger partial charge is 0.370 e. The van der Waals surface area contributed by atoms with Crippen LogP contribution in [-0.4, -0.2) is 27.9 Å². The van der Waals surface area contributed by atoms with Gasteiger partial charge in [0.05, 0.1) is 5.69 Å². The summed E-state index contributed by atoms with van der Waals surface area (Å²) in [5, 5.41) is 3.33. The summed E-state index contributed by atoms with van der Waals surface area (Å²) in [6.07, 6.45) is 11.2. The number of hydrogen-bond acceptors (Lipinski definition) is 2. The number of aromatic nitrogens is 2. The summed E-state index contributed by atoms with van der Waals surface area (Å²) >= 11 is 0. The molecule has 0 atom stereocenters. The first-order valence-corrected chi connectivity index (χ1v) is 7.80. The van der Waals surface area contributed by atoms with Gasteiger partial charge in [-0.3, -0.25) is 4.99 Å². The first-order valence-electron chi connectivity index (χ1n) is 7.80. The Labute approximate surface area is 148 Å². The van der Waals surface area contributed by atoms with E-state index in [0.717, 1.165) is 17.8 Å². The van der Waals surface area contributed by atoms with Crippen LogP contribution in [0, 0.1) is 0 Å². The third kappa shape index (κ3) is 4.59. The first-order chi connectivity index (χ1) is 10.3. The highest BCUT2D eigenvalue weighted by atomic mass is 127. The third-order valence-electron chi connectivity index (χ3n) is 4.02. The summed E-state index contributed by atoms with van der Waals surface area (Å²) in [5.74, 6) is 0.575. The van der Waals surface area contributed by atoms with Crippen LogP contribution in [0.25, 0.3) is 5.65 Å². The van der Waals surface area contributed by atoms with Crippen molar-refractivity contribution in [1.29, 1.82) is 0 Å². The molecule has 6 heteroatoms. The van der Waals surface area contributed by atoms with Gasteiger partial charge in [0.2, 0.25) is 0 Å². The fraction of sp³-hybridized carbons (Fsp3) is 0.500. The molecule has 5 nitrogen and oxygen atoms in total. The Balaban J connectivity index is 0.00000176. The number of fused-ring (bicyclic) bond motifs is 1. The van der Waals surface area contributed by atoms with Crippen LogP contribution in [0.2, 0.25) is 0 Å². The van der Waals surface area contributed by atoms with Gasteiger partial charge in [-0.1, -0.05) is 25.3 Å². The van der Waals surface area contributed by atoms with Crippen molar-refractivity contribution in [2.45, 2.75) is 44.6 Å². The minimum Gasteiger partial charge on any atom is -0.370 e. The van der Waals surface area contributed by atoms with Crippen molar-refractivity contribution in [3.63, 3.8) is 0 Å². The highest BCUT2D eigenvalue weighted by Gasteiger charge is 2.13. The maximum absolute atomic E-state index is 5.96. The smallest absolute Gasteiger partial charge is 0.188 e. The number of hydrogen-bond donors (Lipinski definition) is 2. The maximum Gasteiger partial charge on any atom is 0.188 e. The number of guanidine groups is 1. The van der Waals surface area contributed by atoms with Gasteiger partial charge in [-0.15, -0.1) is 24.0 Å². The van der Waals surface area contributed by atoms with Crippen molar-refractivity contribution in [2.75, 3.05) is 6.54 Å². The van der Waals surface area contributed by atoms with Crippen LogP contribution in [0.3, 0.4) is 0 Å². The van der Waals surface area contributed by atoms with Crippen molar-refractivity contribution in [3.8, 4) is 0 Å². The molecule has 0 aromatic carbocycles. The molecule has 1 aliphatic carbocycles. The van der Waals surface area contributed by atoms with Crippen molar-refractivity contribution in [3.05, 3.63) is 36.3 Å². The number of rotatable bonds is 4. The number of imidazole rings is 1. The van der Waals surface area contributed by atoms with Crippen molar-refractivity contribution >= 4 is 35.6 Å². The summed E-state index contributed by atoms with van der Waals surface area (Å²) in [7, 11) is 0. The second-order valence-electron chi connectivity index (χ2n) is 5.69. The van der Waals surface area contributed by atoms with Crippen LogP contribution in [0.5, 0.6) is 0 Å². The normalized spacial score (nSPS) is 16.5. The minimum atomic E-state index is 0. The topological polar surface area (TPSA) is 67.7 Å². The first kappa shape index (κ1) is 17.1. The molecular formula is C16H24IN5. The lowest BCUT2D eigenvalue weighted by atomic mass is 9.96. The number of nitrogens with zero attached hydrogens (tertiary/aromatic N) is 3. The number of halogens is 1. The number of nitrogens with two attached hydrogens (primary N) is 1. The van der Waals surface area contributed by atoms with Crippen molar-refractivity contribution in [2.24, 2.45) is 10.7 Å². The molecule has 1 fully saturated rings. The van der Waals surface area contributed by atoms with E-state index in [4.69, 9.17) is 5.73 Å². The van der Waals surface area contributed by atoms with E-state index in [9.17, 15) is 0 Å². The Kier molecular flexibility index (Phi) is 6.48. The SMILES string of the molecule is I.NC(=NCCc1cn2ccccc2n1)NC1CCCCC1. The van der Waals surface area contributed by atoms with Crippen LogP contribution in [0.1, 0.15) is 37.8 Å². The van der Waals surface area contributed by atoms with Crippen molar-refractivity contribution in [1.82, 2.24) is 14.7 Å². The van der Waals surface area contributed by atoms with Gasteiger partial charge in [0, 0.05) is 31.4 Å². The molecule has 0 aliphatic heterocycles. The molecule has 0 amide bonds. The molecule has 0 radical (unpaired) electrons. The van der Waals surface area contributed by atoms with Gasteiger partial charge in [-0.2, -0.15) is 0 Å². The zero-order chi connectivity index (χ0) is 14.5. The molecule has 3 rings (SSSR count). The minimum absolute atomic E-state index is 0. The molecule has 0 bridgehead atoms. The predicted molar refractivity (Wildman–Crippen MR) is 101 cm³/mol. The zero-order valence-electron chi connectivity index (χ0n) is 12.7. The third-order valence-corrected chi connectivity index (χ3v) is 4.02. The molecule has 22 heavy (non-hydrogen) atoms. The fourth-order valence-corrected chi connectivity index (χ4v) is 2.90. The summed E-state index contributed by atoms with van der Waals surface area (Å²) in [6, 6.07) is 6.52. The highest BCUT2D eigenvalue weighted by molar-refractivity contribution is 14.0. The molecule has 2 heterocycles. The van der Waals surface area contributed by atoms with Gasteiger partial charge >= 0.3 is 0 Å². The lowest BCUT2D eigenvalue weighted by Gasteiger charge is -2.23. The summed E-state index contributed by atoms with van der Waals surface area (Å²) in [4.78, 5) is 8.98. The summed E-state index contributed by atoms with van der Waals surface area (Å²) in [6.45, 7) is 0.676. The number of aliphatic imine (C=N–C) groups is 1. The monoisotopic (exact) mass is 413 g/mol. The Hall–Kier alpha value is -1.31. The predicted octanol–water partition coefficient (Wildman–Crippen LogP) is 2.73. The average molecular weight is 413 g/mol. The van der Waals surface area contributed by atoms with Gasteiger partial charge in [0.1, 0.15) is 5.65 Å². The number of nitrogens with one attached hydrogen (secondary N) is 1. The molecular weight excluding hydrogens is 389 g/mol. The molecule has 2 aromatic rings. The quantitative estimate of drug-likeness (QED) is 0.460. The van der Waals surface area contributed by atoms with E-state index in [1.165, 1.54) is 32.1 Å². The Bertz CT molecular complexity index is 583. The lowest BCUT2D eigenvalue weighted by Crippen LogP contribution is -2.41. The second kappa shape index (κ2) is 8.36. The standard InChI is InChI=1S/C16H23N5.HI/c17-16(20-13-6-2-1-3-7-13)18-10-9-14-12-21-11-5-4-8-15(21)19-14;/h4-5,8,11-13H,1-3,6-7,9-10H2,(H3,17,18,20);1H. The van der Waals surface area contributed by atoms with Crippen LogP contribution >= 0.6 is 24.0 Å². The van der Waals surface area contributed by atoms with E-state index in [-0.39, 0.29) is 24.0 Å². The van der Waals surface area contributed by atoms with Gasteiger partial charge in [0.15, 0.2) is 5.96 Å². The zero-order valence-corrected chi connectivity index (χ0v) is 15.1. The van der Waals surface area contributed by atoms with Gasteiger partial charge in [-0.05, 0) is 25.0 Å². The molecule has 0 unspecified atom stereocenters. The highest BCUT2D eigenvalue weighted by Crippen LogP contribution is 2.17. The average Bonchev–Trinajstić information content (AvgIpc) is 2.91. The molecule has 0 spiro atoms. The second-order valence-corrected chi connectivity index (χ2v) is 5.69. The van der Waals surface area contributed by atoms with Gasteiger partial charge < -0.3 is 15.5 Å². The van der Waals surface area contributed by atoms with E-state index < -0.39 is 0 Å². The Morgan fingerprint density at radius 2 is 2.14 bits per heavy atom. The summed E-state index contributed by atoms with van der Waals surface area (Å²) in [5.41, 5.74) is 7.99. The van der Waals surface area contributed by atoms with E-state index >= 15 is 0 Å². The van der Waals surface area contributed by atoms with E-state index in [2.05, 4.69) is 21.5 Å². The Morgan fingerprint density at radius 3 is 2.91 bits per heavy atom. The molecule has 2 aromatic heterocycles. The van der Waals surface area contributed by atoms with Crippen LogP contribution in [-0.2, 0) is 6.42 Å². The summed E-state index contributed by atoms with van der Waals surface area (Å²) < 4.78 is 2.03. The number of pyridine rings is 1. The molecule has 0 saturated heterocycles.